The molecule has 5 nitrogen and oxygen atoms in total. The van der Waals surface area contributed by atoms with E-state index in [1.54, 1.807) is 7.11 Å². The predicted octanol–water partition coefficient (Wildman–Crippen LogP) is 3.30. The first-order valence-corrected chi connectivity index (χ1v) is 7.14. The minimum absolute atomic E-state index is 0.188. The molecule has 0 amide bonds. The lowest BCUT2D eigenvalue weighted by molar-refractivity contribution is 0.401. The monoisotopic (exact) mass is 300 g/mol. The standard InChI is InChI=1S/C15H16N4OS/c1-10(8-11-6-4-3-5-7-11)19-13-12(18-15(19)21)14(20-2)17-9-16-13/h3-7,9-10H,8H2,1-2H3,(H,18,21). The Bertz CT molecular complexity index is 809. The van der Waals surface area contributed by atoms with Crippen LogP contribution < -0.4 is 4.74 Å². The average Bonchev–Trinajstić information content (AvgIpc) is 2.84. The molecule has 1 N–H and O–H groups in total. The van der Waals surface area contributed by atoms with E-state index in [1.807, 2.05) is 22.8 Å². The number of rotatable bonds is 4. The summed E-state index contributed by atoms with van der Waals surface area (Å²) in [6, 6.07) is 10.5. The zero-order chi connectivity index (χ0) is 14.8. The quantitative estimate of drug-likeness (QED) is 0.751. The summed E-state index contributed by atoms with van der Waals surface area (Å²) in [5.41, 5.74) is 2.78. The molecule has 0 saturated heterocycles. The number of H-pyrrole nitrogens is 1. The Hall–Kier alpha value is -2.21. The molecule has 0 saturated carbocycles. The van der Waals surface area contributed by atoms with E-state index in [0.717, 1.165) is 17.6 Å². The molecular formula is C15H16N4OS. The Morgan fingerprint density at radius 2 is 2.05 bits per heavy atom. The van der Waals surface area contributed by atoms with Crippen molar-refractivity contribution in [2.45, 2.75) is 19.4 Å². The van der Waals surface area contributed by atoms with Crippen molar-refractivity contribution in [1.82, 2.24) is 19.5 Å². The van der Waals surface area contributed by atoms with E-state index in [-0.39, 0.29) is 6.04 Å². The lowest BCUT2D eigenvalue weighted by Gasteiger charge is -2.14. The van der Waals surface area contributed by atoms with E-state index in [0.29, 0.717) is 10.7 Å². The maximum Gasteiger partial charge on any atom is 0.242 e. The van der Waals surface area contributed by atoms with Crippen molar-refractivity contribution in [2.24, 2.45) is 0 Å². The highest BCUT2D eigenvalue weighted by molar-refractivity contribution is 7.71. The molecule has 3 rings (SSSR count). The molecule has 108 valence electrons. The van der Waals surface area contributed by atoms with Crippen LogP contribution in [0.15, 0.2) is 36.7 Å². The first-order chi connectivity index (χ1) is 10.2. The largest absolute Gasteiger partial charge is 0.479 e. The van der Waals surface area contributed by atoms with Gasteiger partial charge in [-0.25, -0.2) is 4.98 Å². The van der Waals surface area contributed by atoms with E-state index < -0.39 is 0 Å². The SMILES string of the molecule is COc1ncnc2c1[nH]c(=S)n2C(C)Cc1ccccc1. The van der Waals surface area contributed by atoms with Crippen LogP contribution in [0.2, 0.25) is 0 Å². The molecule has 0 spiro atoms. The third-order valence-electron chi connectivity index (χ3n) is 3.48. The average molecular weight is 300 g/mol. The zero-order valence-corrected chi connectivity index (χ0v) is 12.7. The second kappa shape index (κ2) is 5.65. The number of aromatic nitrogens is 4. The molecule has 0 aliphatic carbocycles. The number of nitrogens with one attached hydrogen (secondary N) is 1. The zero-order valence-electron chi connectivity index (χ0n) is 11.9. The third-order valence-corrected chi connectivity index (χ3v) is 3.78. The fraction of sp³-hybridized carbons (Fsp3) is 0.267. The highest BCUT2D eigenvalue weighted by Crippen LogP contribution is 2.24. The summed E-state index contributed by atoms with van der Waals surface area (Å²) in [6.07, 6.45) is 2.38. The van der Waals surface area contributed by atoms with Crippen LogP contribution in [0.5, 0.6) is 5.88 Å². The first kappa shape index (κ1) is 13.8. The van der Waals surface area contributed by atoms with Crippen LogP contribution in [0, 0.1) is 4.77 Å². The van der Waals surface area contributed by atoms with Crippen LogP contribution in [0.4, 0.5) is 0 Å². The lowest BCUT2D eigenvalue weighted by atomic mass is 10.1. The Morgan fingerprint density at radius 1 is 1.29 bits per heavy atom. The number of ether oxygens (including phenoxy) is 1. The van der Waals surface area contributed by atoms with Gasteiger partial charge in [-0.05, 0) is 31.1 Å². The number of imidazole rings is 1. The van der Waals surface area contributed by atoms with Gasteiger partial charge < -0.3 is 9.72 Å². The van der Waals surface area contributed by atoms with Gasteiger partial charge in [0, 0.05) is 6.04 Å². The summed E-state index contributed by atoms with van der Waals surface area (Å²) in [5.74, 6) is 0.511. The van der Waals surface area contributed by atoms with Crippen molar-refractivity contribution in [1.29, 1.82) is 0 Å². The molecule has 21 heavy (non-hydrogen) atoms. The molecule has 2 aromatic heterocycles. The maximum absolute atomic E-state index is 5.44. The van der Waals surface area contributed by atoms with Crippen LogP contribution >= 0.6 is 12.2 Å². The number of aromatic amines is 1. The van der Waals surface area contributed by atoms with Crippen LogP contribution in [0.3, 0.4) is 0 Å². The van der Waals surface area contributed by atoms with Crippen LogP contribution in [0.1, 0.15) is 18.5 Å². The summed E-state index contributed by atoms with van der Waals surface area (Å²) in [6.45, 7) is 2.13. The fourth-order valence-corrected chi connectivity index (χ4v) is 2.89. The van der Waals surface area contributed by atoms with Gasteiger partial charge in [0.15, 0.2) is 10.4 Å². The Kier molecular flexibility index (Phi) is 3.70. The molecule has 1 aromatic carbocycles. The molecule has 2 heterocycles. The highest BCUT2D eigenvalue weighted by Gasteiger charge is 2.16. The van der Waals surface area contributed by atoms with Crippen molar-refractivity contribution in [3.8, 4) is 5.88 Å². The van der Waals surface area contributed by atoms with Gasteiger partial charge in [-0.1, -0.05) is 30.3 Å². The summed E-state index contributed by atoms with van der Waals surface area (Å²) in [5, 5.41) is 0. The van der Waals surface area contributed by atoms with E-state index in [9.17, 15) is 0 Å². The van der Waals surface area contributed by atoms with Crippen molar-refractivity contribution >= 4 is 23.4 Å². The topological polar surface area (TPSA) is 55.7 Å². The molecule has 0 aliphatic rings. The number of hydrogen-bond acceptors (Lipinski definition) is 4. The maximum atomic E-state index is 5.44. The number of fused-ring (bicyclic) bond motifs is 1. The molecule has 0 radical (unpaired) electrons. The summed E-state index contributed by atoms with van der Waals surface area (Å²) >= 11 is 5.44. The van der Waals surface area contributed by atoms with Crippen molar-refractivity contribution in [3.05, 3.63) is 47.0 Å². The number of hydrogen-bond donors (Lipinski definition) is 1. The van der Waals surface area contributed by atoms with E-state index >= 15 is 0 Å². The van der Waals surface area contributed by atoms with Crippen LogP contribution in [-0.2, 0) is 6.42 Å². The van der Waals surface area contributed by atoms with E-state index in [4.69, 9.17) is 17.0 Å². The van der Waals surface area contributed by atoms with E-state index in [1.165, 1.54) is 11.9 Å². The van der Waals surface area contributed by atoms with Gasteiger partial charge in [-0.15, -0.1) is 0 Å². The Labute approximate surface area is 127 Å². The van der Waals surface area contributed by atoms with Gasteiger partial charge >= 0.3 is 0 Å². The van der Waals surface area contributed by atoms with Gasteiger partial charge in [0.2, 0.25) is 5.88 Å². The molecule has 3 aromatic rings. The van der Waals surface area contributed by atoms with Crippen molar-refractivity contribution in [2.75, 3.05) is 7.11 Å². The fourth-order valence-electron chi connectivity index (χ4n) is 2.53. The molecule has 1 unspecified atom stereocenters. The van der Waals surface area contributed by atoms with Gasteiger partial charge in [-0.2, -0.15) is 4.98 Å². The molecule has 6 heteroatoms. The summed E-state index contributed by atoms with van der Waals surface area (Å²) < 4.78 is 7.90. The second-order valence-electron chi connectivity index (χ2n) is 4.92. The predicted molar refractivity (Wildman–Crippen MR) is 84.1 cm³/mol. The van der Waals surface area contributed by atoms with Crippen LogP contribution in [0.25, 0.3) is 11.2 Å². The highest BCUT2D eigenvalue weighted by atomic mass is 32.1. The molecule has 0 fully saturated rings. The minimum atomic E-state index is 0.188. The first-order valence-electron chi connectivity index (χ1n) is 6.74. The molecule has 0 aliphatic heterocycles. The molecule has 1 atom stereocenters. The number of methoxy groups -OCH3 is 1. The normalized spacial score (nSPS) is 12.5. The smallest absolute Gasteiger partial charge is 0.242 e. The van der Waals surface area contributed by atoms with Crippen molar-refractivity contribution < 1.29 is 4.74 Å². The molecular weight excluding hydrogens is 284 g/mol. The second-order valence-corrected chi connectivity index (χ2v) is 5.31. The summed E-state index contributed by atoms with van der Waals surface area (Å²) in [7, 11) is 1.59. The van der Waals surface area contributed by atoms with Crippen molar-refractivity contribution in [3.63, 3.8) is 0 Å². The number of benzene rings is 1. The molecule has 0 bridgehead atoms. The Balaban J connectivity index is 2.04. The van der Waals surface area contributed by atoms with Gasteiger partial charge in [0.05, 0.1) is 7.11 Å². The van der Waals surface area contributed by atoms with Crippen LogP contribution in [-0.4, -0.2) is 26.6 Å². The van der Waals surface area contributed by atoms with Gasteiger partial charge in [-0.3, -0.25) is 4.57 Å². The number of nitrogens with zero attached hydrogens (tertiary/aromatic N) is 3. The van der Waals surface area contributed by atoms with Gasteiger partial charge in [0.1, 0.15) is 11.8 Å². The summed E-state index contributed by atoms with van der Waals surface area (Å²) in [4.78, 5) is 11.6. The Morgan fingerprint density at radius 3 is 2.76 bits per heavy atom. The minimum Gasteiger partial charge on any atom is -0.479 e. The third kappa shape index (κ3) is 2.54. The van der Waals surface area contributed by atoms with E-state index in [2.05, 4.69) is 34.0 Å². The van der Waals surface area contributed by atoms with Gasteiger partial charge in [0.25, 0.3) is 0 Å². The lowest BCUT2D eigenvalue weighted by Crippen LogP contribution is -2.09.